The van der Waals surface area contributed by atoms with Crippen molar-refractivity contribution < 1.29 is 0 Å². The summed E-state index contributed by atoms with van der Waals surface area (Å²) >= 11 is 0. The number of nitrogens with one attached hydrogen (secondary N) is 1. The van der Waals surface area contributed by atoms with Gasteiger partial charge in [0.05, 0.1) is 5.71 Å². The van der Waals surface area contributed by atoms with E-state index < -0.39 is 0 Å². The van der Waals surface area contributed by atoms with E-state index in [1.165, 1.54) is 0 Å². The lowest BCUT2D eigenvalue weighted by molar-refractivity contribution is 1.31. The predicted molar refractivity (Wildman–Crippen MR) is 65.4 cm³/mol. The normalized spacial score (nSPS) is 10.0. The van der Waals surface area contributed by atoms with E-state index in [0.29, 0.717) is 22.6 Å². The maximum atomic E-state index is 8.04. The van der Waals surface area contributed by atoms with Crippen LogP contribution in [-0.2, 0) is 0 Å². The van der Waals surface area contributed by atoms with Crippen molar-refractivity contribution in [2.75, 3.05) is 11.5 Å². The summed E-state index contributed by atoms with van der Waals surface area (Å²) in [4.78, 5) is 3.91. The van der Waals surface area contributed by atoms with Crippen LogP contribution in [0.5, 0.6) is 0 Å². The second-order valence-corrected chi connectivity index (χ2v) is 3.46. The molecule has 80 valence electrons. The summed E-state index contributed by atoms with van der Waals surface area (Å²) in [6.07, 6.45) is 3.29. The van der Waals surface area contributed by atoms with E-state index in [1.54, 1.807) is 42.7 Å². The molecule has 0 atom stereocenters. The van der Waals surface area contributed by atoms with E-state index in [4.69, 9.17) is 16.9 Å². The Morgan fingerprint density at radius 2 is 1.75 bits per heavy atom. The van der Waals surface area contributed by atoms with Gasteiger partial charge >= 0.3 is 0 Å². The van der Waals surface area contributed by atoms with E-state index in [0.717, 1.165) is 5.56 Å². The van der Waals surface area contributed by atoms with Crippen molar-refractivity contribution in [3.05, 3.63) is 53.9 Å². The van der Waals surface area contributed by atoms with Gasteiger partial charge in [-0.15, -0.1) is 0 Å². The zero-order valence-electron chi connectivity index (χ0n) is 8.64. The first-order chi connectivity index (χ1) is 7.68. The minimum atomic E-state index is 0.354. The van der Waals surface area contributed by atoms with Crippen LogP contribution in [0.15, 0.2) is 42.7 Å². The van der Waals surface area contributed by atoms with Gasteiger partial charge < -0.3 is 11.5 Å². The van der Waals surface area contributed by atoms with Gasteiger partial charge in [-0.2, -0.15) is 0 Å². The highest BCUT2D eigenvalue weighted by Gasteiger charge is 2.08. The third-order valence-corrected chi connectivity index (χ3v) is 2.32. The molecule has 0 amide bonds. The molecule has 0 unspecified atom stereocenters. The van der Waals surface area contributed by atoms with Gasteiger partial charge in [0, 0.05) is 34.9 Å². The Hall–Kier alpha value is -2.36. The molecular formula is C12H12N4. The van der Waals surface area contributed by atoms with Crippen LogP contribution in [0.4, 0.5) is 11.4 Å². The molecule has 0 bridgehead atoms. The van der Waals surface area contributed by atoms with Gasteiger partial charge in [0.2, 0.25) is 0 Å². The number of pyridine rings is 1. The van der Waals surface area contributed by atoms with Gasteiger partial charge in [0.15, 0.2) is 0 Å². The van der Waals surface area contributed by atoms with Crippen LogP contribution in [-0.4, -0.2) is 10.7 Å². The molecule has 0 fully saturated rings. The number of hydrogen-bond donors (Lipinski definition) is 3. The van der Waals surface area contributed by atoms with Crippen LogP contribution in [0.2, 0.25) is 0 Å². The van der Waals surface area contributed by atoms with E-state index in [1.807, 2.05) is 0 Å². The molecule has 16 heavy (non-hydrogen) atoms. The van der Waals surface area contributed by atoms with Crippen molar-refractivity contribution in [3.8, 4) is 0 Å². The van der Waals surface area contributed by atoms with Crippen LogP contribution in [0, 0.1) is 5.41 Å². The third-order valence-electron chi connectivity index (χ3n) is 2.32. The van der Waals surface area contributed by atoms with Crippen molar-refractivity contribution in [3.63, 3.8) is 0 Å². The van der Waals surface area contributed by atoms with Crippen LogP contribution in [0.25, 0.3) is 0 Å². The molecule has 0 aliphatic heterocycles. The average molecular weight is 212 g/mol. The van der Waals surface area contributed by atoms with Crippen LogP contribution in [0.1, 0.15) is 11.1 Å². The number of nitrogen functional groups attached to an aromatic ring is 2. The Labute approximate surface area is 93.4 Å². The van der Waals surface area contributed by atoms with Crippen molar-refractivity contribution >= 4 is 17.1 Å². The highest BCUT2D eigenvalue weighted by Crippen LogP contribution is 2.19. The summed E-state index contributed by atoms with van der Waals surface area (Å²) in [6.45, 7) is 0. The zero-order valence-corrected chi connectivity index (χ0v) is 8.64. The monoisotopic (exact) mass is 212 g/mol. The van der Waals surface area contributed by atoms with Gasteiger partial charge in [-0.1, -0.05) is 0 Å². The summed E-state index contributed by atoms with van der Waals surface area (Å²) in [7, 11) is 0. The fraction of sp³-hybridized carbons (Fsp3) is 0. The Morgan fingerprint density at radius 3 is 2.44 bits per heavy atom. The summed E-state index contributed by atoms with van der Waals surface area (Å²) in [6, 6.07) is 8.67. The molecule has 4 nitrogen and oxygen atoms in total. The van der Waals surface area contributed by atoms with Crippen LogP contribution < -0.4 is 11.5 Å². The molecule has 0 aliphatic rings. The van der Waals surface area contributed by atoms with E-state index in [9.17, 15) is 0 Å². The zero-order chi connectivity index (χ0) is 11.5. The quantitative estimate of drug-likeness (QED) is 0.522. The molecular weight excluding hydrogens is 200 g/mol. The summed E-state index contributed by atoms with van der Waals surface area (Å²) in [5, 5.41) is 8.04. The number of hydrogen-bond acceptors (Lipinski definition) is 4. The van der Waals surface area contributed by atoms with E-state index in [-0.39, 0.29) is 0 Å². The number of anilines is 2. The lowest BCUT2D eigenvalue weighted by Crippen LogP contribution is -2.06. The van der Waals surface area contributed by atoms with Gasteiger partial charge in [-0.05, 0) is 30.3 Å². The van der Waals surface area contributed by atoms with Crippen molar-refractivity contribution in [1.29, 1.82) is 5.41 Å². The number of aromatic nitrogens is 1. The third kappa shape index (κ3) is 1.86. The molecule has 2 rings (SSSR count). The second kappa shape index (κ2) is 4.02. The Kier molecular flexibility index (Phi) is 2.55. The SMILES string of the molecule is N=C(c1ccncc1)c1cc(N)ccc1N. The molecule has 5 N–H and O–H groups in total. The fourth-order valence-corrected chi connectivity index (χ4v) is 1.46. The molecule has 0 saturated heterocycles. The van der Waals surface area contributed by atoms with E-state index in [2.05, 4.69) is 4.98 Å². The molecule has 2 aromatic rings. The molecule has 1 aromatic heterocycles. The lowest BCUT2D eigenvalue weighted by Gasteiger charge is -2.08. The molecule has 4 heteroatoms. The first kappa shape index (κ1) is 10.2. The topological polar surface area (TPSA) is 88.8 Å². The van der Waals surface area contributed by atoms with Gasteiger partial charge in [-0.25, -0.2) is 0 Å². The predicted octanol–water partition coefficient (Wildman–Crippen LogP) is 1.66. The number of rotatable bonds is 2. The molecule has 1 heterocycles. The smallest absolute Gasteiger partial charge is 0.0707 e. The van der Waals surface area contributed by atoms with Crippen molar-refractivity contribution in [2.45, 2.75) is 0 Å². The second-order valence-electron chi connectivity index (χ2n) is 3.46. The highest BCUT2D eigenvalue weighted by atomic mass is 14.6. The number of nitrogens with zero attached hydrogens (tertiary/aromatic N) is 1. The highest BCUT2D eigenvalue weighted by molar-refractivity contribution is 6.14. The maximum Gasteiger partial charge on any atom is 0.0707 e. The van der Waals surface area contributed by atoms with Crippen molar-refractivity contribution in [1.82, 2.24) is 4.98 Å². The Bertz CT molecular complexity index is 520. The molecule has 0 spiro atoms. The van der Waals surface area contributed by atoms with Gasteiger partial charge in [0.1, 0.15) is 0 Å². The summed E-state index contributed by atoms with van der Waals surface area (Å²) in [5.74, 6) is 0. The van der Waals surface area contributed by atoms with Gasteiger partial charge in [-0.3, -0.25) is 10.4 Å². The fourth-order valence-electron chi connectivity index (χ4n) is 1.46. The van der Waals surface area contributed by atoms with Crippen LogP contribution in [0.3, 0.4) is 0 Å². The number of benzene rings is 1. The first-order valence-electron chi connectivity index (χ1n) is 4.83. The lowest BCUT2D eigenvalue weighted by atomic mass is 10.0. The Morgan fingerprint density at radius 1 is 1.06 bits per heavy atom. The maximum absolute atomic E-state index is 8.04. The summed E-state index contributed by atoms with van der Waals surface area (Å²) < 4.78 is 0. The largest absolute Gasteiger partial charge is 0.399 e. The van der Waals surface area contributed by atoms with E-state index >= 15 is 0 Å². The van der Waals surface area contributed by atoms with Crippen molar-refractivity contribution in [2.24, 2.45) is 0 Å². The standard InChI is InChI=1S/C12H12N4/c13-9-1-2-11(14)10(7-9)12(15)8-3-5-16-6-4-8/h1-7,15H,13-14H2. The Balaban J connectivity index is 2.46. The minimum absolute atomic E-state index is 0.354. The molecule has 0 saturated carbocycles. The number of nitrogens with two attached hydrogens (primary N) is 2. The molecule has 0 radical (unpaired) electrons. The first-order valence-corrected chi connectivity index (χ1v) is 4.83. The summed E-state index contributed by atoms with van der Waals surface area (Å²) in [5.41, 5.74) is 14.4. The molecule has 0 aliphatic carbocycles. The average Bonchev–Trinajstić information content (AvgIpc) is 2.32. The minimum Gasteiger partial charge on any atom is -0.399 e. The van der Waals surface area contributed by atoms with Gasteiger partial charge in [0.25, 0.3) is 0 Å². The van der Waals surface area contributed by atoms with Crippen LogP contribution >= 0.6 is 0 Å². The molecule has 1 aromatic carbocycles.